The minimum Gasteiger partial charge on any atom is -0.324 e. The van der Waals surface area contributed by atoms with Crippen LogP contribution in [0.3, 0.4) is 0 Å². The molecule has 0 radical (unpaired) electrons. The number of hydrogen-bond donors (Lipinski definition) is 2. The summed E-state index contributed by atoms with van der Waals surface area (Å²) < 4.78 is 0. The minimum atomic E-state index is 0.0363. The van der Waals surface area contributed by atoms with E-state index in [2.05, 4.69) is 10.6 Å². The molecule has 2 unspecified atom stereocenters. The highest BCUT2D eigenvalue weighted by Crippen LogP contribution is 2.26. The second-order valence-electron chi connectivity index (χ2n) is 5.71. The molecule has 2 aliphatic heterocycles. The molecule has 0 aromatic heterocycles. The third-order valence-corrected chi connectivity index (χ3v) is 4.29. The van der Waals surface area contributed by atoms with Crippen molar-refractivity contribution >= 4 is 11.7 Å². The first-order valence-electron chi connectivity index (χ1n) is 7.05. The van der Waals surface area contributed by atoms with Crippen molar-refractivity contribution in [3.05, 3.63) is 29.8 Å². The Hall–Kier alpha value is -1.55. The summed E-state index contributed by atoms with van der Waals surface area (Å²) in [6.07, 6.45) is 1.12. The fourth-order valence-corrected chi connectivity index (χ4v) is 3.06. The molecule has 2 aliphatic rings. The maximum absolute atomic E-state index is 12.2. The lowest BCUT2D eigenvalue weighted by atomic mass is 9.89. The normalized spacial score (nSPS) is 26.1. The predicted octanol–water partition coefficient (Wildman–Crippen LogP) is 2.07. The van der Waals surface area contributed by atoms with Crippen molar-refractivity contribution in [2.45, 2.75) is 13.3 Å². The summed E-state index contributed by atoms with van der Waals surface area (Å²) in [5, 5.41) is 6.41. The van der Waals surface area contributed by atoms with E-state index in [-0.39, 0.29) is 6.03 Å². The average Bonchev–Trinajstić information content (AvgIpc) is 2.88. The monoisotopic (exact) mass is 259 g/mol. The zero-order valence-corrected chi connectivity index (χ0v) is 11.4. The van der Waals surface area contributed by atoms with E-state index in [1.54, 1.807) is 0 Å². The highest BCUT2D eigenvalue weighted by Gasteiger charge is 2.34. The van der Waals surface area contributed by atoms with Crippen LogP contribution in [0.4, 0.5) is 10.5 Å². The summed E-state index contributed by atoms with van der Waals surface area (Å²) in [6, 6.07) is 7.98. The third-order valence-electron chi connectivity index (χ3n) is 4.29. The first kappa shape index (κ1) is 12.5. The van der Waals surface area contributed by atoms with Gasteiger partial charge in [0.25, 0.3) is 0 Å². The van der Waals surface area contributed by atoms with E-state index in [4.69, 9.17) is 0 Å². The van der Waals surface area contributed by atoms with Gasteiger partial charge in [-0.3, -0.25) is 0 Å². The van der Waals surface area contributed by atoms with E-state index in [0.29, 0.717) is 5.92 Å². The molecule has 2 fully saturated rings. The summed E-state index contributed by atoms with van der Waals surface area (Å²) >= 11 is 0. The summed E-state index contributed by atoms with van der Waals surface area (Å²) in [7, 11) is 0. The molecule has 2 saturated heterocycles. The molecule has 4 heteroatoms. The summed E-state index contributed by atoms with van der Waals surface area (Å²) in [4.78, 5) is 14.2. The number of carbonyl (C=O) groups is 1. The number of piperidine rings is 1. The Morgan fingerprint density at radius 3 is 2.79 bits per heavy atom. The Labute approximate surface area is 114 Å². The second kappa shape index (κ2) is 5.21. The molecule has 2 heterocycles. The van der Waals surface area contributed by atoms with Gasteiger partial charge in [-0.1, -0.05) is 17.7 Å². The molecule has 1 aromatic carbocycles. The van der Waals surface area contributed by atoms with Crippen LogP contribution in [0.25, 0.3) is 0 Å². The molecule has 4 nitrogen and oxygen atoms in total. The number of nitrogens with one attached hydrogen (secondary N) is 2. The minimum absolute atomic E-state index is 0.0363. The van der Waals surface area contributed by atoms with Gasteiger partial charge >= 0.3 is 6.03 Å². The van der Waals surface area contributed by atoms with Crippen LogP contribution < -0.4 is 10.6 Å². The molecule has 0 spiro atoms. The topological polar surface area (TPSA) is 44.4 Å². The molecule has 19 heavy (non-hydrogen) atoms. The van der Waals surface area contributed by atoms with Crippen molar-refractivity contribution < 1.29 is 4.79 Å². The van der Waals surface area contributed by atoms with Crippen LogP contribution in [-0.2, 0) is 0 Å². The van der Waals surface area contributed by atoms with Gasteiger partial charge < -0.3 is 15.5 Å². The molecular formula is C15H21N3O. The molecular weight excluding hydrogens is 238 g/mol. The van der Waals surface area contributed by atoms with Gasteiger partial charge in [0.15, 0.2) is 0 Å². The molecule has 0 aliphatic carbocycles. The van der Waals surface area contributed by atoms with E-state index in [0.717, 1.165) is 44.2 Å². The lowest BCUT2D eigenvalue weighted by molar-refractivity contribution is 0.161. The van der Waals surface area contributed by atoms with Gasteiger partial charge in [-0.05, 0) is 50.4 Å². The number of aryl methyl sites for hydroxylation is 1. The summed E-state index contributed by atoms with van der Waals surface area (Å²) in [5.41, 5.74) is 2.08. The Balaban J connectivity index is 1.59. The van der Waals surface area contributed by atoms with Crippen molar-refractivity contribution in [1.82, 2.24) is 10.2 Å². The van der Waals surface area contributed by atoms with Gasteiger partial charge in [-0.15, -0.1) is 0 Å². The number of nitrogens with zero attached hydrogens (tertiary/aromatic N) is 1. The number of rotatable bonds is 1. The molecule has 2 N–H and O–H groups in total. The summed E-state index contributed by atoms with van der Waals surface area (Å²) in [6.45, 7) is 5.98. The van der Waals surface area contributed by atoms with Gasteiger partial charge in [0.1, 0.15) is 0 Å². The zero-order chi connectivity index (χ0) is 13.2. The first-order chi connectivity index (χ1) is 9.22. The van der Waals surface area contributed by atoms with Gasteiger partial charge in [0, 0.05) is 18.8 Å². The van der Waals surface area contributed by atoms with Crippen molar-refractivity contribution in [3.8, 4) is 0 Å². The Morgan fingerprint density at radius 1 is 1.26 bits per heavy atom. The fraction of sp³-hybridized carbons (Fsp3) is 0.533. The van der Waals surface area contributed by atoms with Crippen LogP contribution in [0.15, 0.2) is 24.3 Å². The van der Waals surface area contributed by atoms with Crippen LogP contribution in [0, 0.1) is 18.8 Å². The van der Waals surface area contributed by atoms with E-state index >= 15 is 0 Å². The largest absolute Gasteiger partial charge is 0.324 e. The van der Waals surface area contributed by atoms with Gasteiger partial charge in [0.05, 0.1) is 0 Å². The fourth-order valence-electron chi connectivity index (χ4n) is 3.06. The smallest absolute Gasteiger partial charge is 0.321 e. The number of anilines is 1. The number of carbonyl (C=O) groups excluding carboxylic acids is 1. The number of benzene rings is 1. The lowest BCUT2D eigenvalue weighted by Gasteiger charge is -2.34. The van der Waals surface area contributed by atoms with E-state index in [9.17, 15) is 4.79 Å². The molecule has 2 amide bonds. The standard InChI is InChI=1S/C15H21N3O/c1-11-2-4-14(5-3-11)17-15(19)18-7-6-12-8-16-9-13(12)10-18/h2-5,12-13,16H,6-10H2,1H3,(H,17,19). The van der Waals surface area contributed by atoms with Crippen LogP contribution in [0.2, 0.25) is 0 Å². The maximum Gasteiger partial charge on any atom is 0.321 e. The van der Waals surface area contributed by atoms with Crippen LogP contribution in [0.1, 0.15) is 12.0 Å². The van der Waals surface area contributed by atoms with Crippen molar-refractivity contribution in [3.63, 3.8) is 0 Å². The second-order valence-corrected chi connectivity index (χ2v) is 5.71. The highest BCUT2D eigenvalue weighted by molar-refractivity contribution is 5.89. The number of urea groups is 1. The highest BCUT2D eigenvalue weighted by atomic mass is 16.2. The van der Waals surface area contributed by atoms with E-state index in [1.165, 1.54) is 5.56 Å². The van der Waals surface area contributed by atoms with Gasteiger partial charge in [-0.25, -0.2) is 4.79 Å². The van der Waals surface area contributed by atoms with Crippen molar-refractivity contribution in [2.24, 2.45) is 11.8 Å². The number of fused-ring (bicyclic) bond motifs is 1. The number of likely N-dealkylation sites (tertiary alicyclic amines) is 1. The first-order valence-corrected chi connectivity index (χ1v) is 7.05. The SMILES string of the molecule is Cc1ccc(NC(=O)N2CCC3CNCC3C2)cc1. The van der Waals surface area contributed by atoms with E-state index < -0.39 is 0 Å². The molecule has 3 rings (SSSR count). The number of hydrogen-bond acceptors (Lipinski definition) is 2. The molecule has 0 bridgehead atoms. The van der Waals surface area contributed by atoms with Crippen LogP contribution >= 0.6 is 0 Å². The van der Waals surface area contributed by atoms with Crippen LogP contribution in [-0.4, -0.2) is 37.1 Å². The molecule has 0 saturated carbocycles. The molecule has 102 valence electrons. The summed E-state index contributed by atoms with van der Waals surface area (Å²) in [5.74, 6) is 1.40. The Kier molecular flexibility index (Phi) is 3.42. The Morgan fingerprint density at radius 2 is 2.00 bits per heavy atom. The van der Waals surface area contributed by atoms with Crippen molar-refractivity contribution in [1.29, 1.82) is 0 Å². The average molecular weight is 259 g/mol. The third kappa shape index (κ3) is 2.73. The van der Waals surface area contributed by atoms with Gasteiger partial charge in [-0.2, -0.15) is 0 Å². The van der Waals surface area contributed by atoms with Crippen molar-refractivity contribution in [2.75, 3.05) is 31.5 Å². The predicted molar refractivity (Wildman–Crippen MR) is 76.2 cm³/mol. The molecule has 1 aromatic rings. The maximum atomic E-state index is 12.2. The van der Waals surface area contributed by atoms with Gasteiger partial charge in [0.2, 0.25) is 0 Å². The lowest BCUT2D eigenvalue weighted by Crippen LogP contribution is -2.45. The Bertz CT molecular complexity index is 457. The zero-order valence-electron chi connectivity index (χ0n) is 11.4. The number of amides is 2. The van der Waals surface area contributed by atoms with E-state index in [1.807, 2.05) is 36.1 Å². The molecule has 2 atom stereocenters. The van der Waals surface area contributed by atoms with Crippen LogP contribution in [0.5, 0.6) is 0 Å². The quantitative estimate of drug-likeness (QED) is 0.811.